The van der Waals surface area contributed by atoms with Crippen LogP contribution in [0.5, 0.6) is 11.5 Å². The third-order valence-electron chi connectivity index (χ3n) is 5.90. The number of hydrogen-bond acceptors (Lipinski definition) is 7. The van der Waals surface area contributed by atoms with Gasteiger partial charge in [0.05, 0.1) is 36.9 Å². The average Bonchev–Trinajstić information content (AvgIpc) is 3.39. The molecule has 1 atom stereocenters. The maximum Gasteiger partial charge on any atom is 0.264 e. The molecular weight excluding hydrogens is 392 g/mol. The number of nitrogens with zero attached hydrogens (tertiary/aromatic N) is 3. The molecule has 2 aromatic rings. The zero-order valence-electron chi connectivity index (χ0n) is 16.3. The molecule has 4 heterocycles. The second-order valence-corrected chi connectivity index (χ2v) is 9.25. The van der Waals surface area contributed by atoms with E-state index in [2.05, 4.69) is 15.2 Å². The van der Waals surface area contributed by atoms with Gasteiger partial charge in [-0.2, -0.15) is 0 Å². The van der Waals surface area contributed by atoms with Crippen LogP contribution in [0.4, 0.5) is 5.69 Å². The highest BCUT2D eigenvalue weighted by Gasteiger charge is 2.43. The van der Waals surface area contributed by atoms with Crippen molar-refractivity contribution in [3.8, 4) is 11.5 Å². The molecule has 0 aliphatic carbocycles. The molecule has 9 heteroatoms. The normalized spacial score (nSPS) is 21.6. The number of fused-ring (bicyclic) bond motifs is 2. The molecular formula is C20H24N4O4S. The van der Waals surface area contributed by atoms with Gasteiger partial charge in [-0.3, -0.25) is 14.2 Å². The first-order valence-corrected chi connectivity index (χ1v) is 11.3. The van der Waals surface area contributed by atoms with Gasteiger partial charge < -0.3 is 14.8 Å². The van der Waals surface area contributed by atoms with Crippen LogP contribution in [0.15, 0.2) is 35.4 Å². The molecule has 1 N–H and O–H groups in total. The molecule has 0 amide bonds. The van der Waals surface area contributed by atoms with E-state index in [-0.39, 0.29) is 6.04 Å². The lowest BCUT2D eigenvalue weighted by atomic mass is 10.1. The highest BCUT2D eigenvalue weighted by atomic mass is 32.2. The first-order chi connectivity index (χ1) is 14.1. The summed E-state index contributed by atoms with van der Waals surface area (Å²) < 4.78 is 40.2. The highest BCUT2D eigenvalue weighted by molar-refractivity contribution is 7.93. The van der Waals surface area contributed by atoms with Crippen molar-refractivity contribution in [3.63, 3.8) is 0 Å². The van der Waals surface area contributed by atoms with Crippen molar-refractivity contribution in [1.82, 2.24) is 15.2 Å². The first-order valence-electron chi connectivity index (χ1n) is 9.86. The Morgan fingerprint density at radius 1 is 1.24 bits per heavy atom. The van der Waals surface area contributed by atoms with Crippen molar-refractivity contribution in [2.24, 2.45) is 0 Å². The fraction of sp³-hybridized carbons (Fsp3) is 0.450. The Kier molecular flexibility index (Phi) is 4.60. The Morgan fingerprint density at radius 2 is 2.07 bits per heavy atom. The zero-order valence-corrected chi connectivity index (χ0v) is 17.1. The SMILES string of the molecule is COc1ccnc2c1N(S(=O)(=O)c1cccc3c1CCO3)CC2N1CCNCC1. The van der Waals surface area contributed by atoms with Crippen LogP contribution in [0.1, 0.15) is 17.3 Å². The molecule has 8 nitrogen and oxygen atoms in total. The van der Waals surface area contributed by atoms with Crippen LogP contribution in [0.25, 0.3) is 0 Å². The van der Waals surface area contributed by atoms with Crippen LogP contribution in [0.3, 0.4) is 0 Å². The number of ether oxygens (including phenoxy) is 2. The molecule has 1 unspecified atom stereocenters. The smallest absolute Gasteiger partial charge is 0.264 e. The molecule has 29 heavy (non-hydrogen) atoms. The molecule has 0 radical (unpaired) electrons. The predicted molar refractivity (Wildman–Crippen MR) is 108 cm³/mol. The maximum absolute atomic E-state index is 13.8. The molecule has 0 spiro atoms. The van der Waals surface area contributed by atoms with Crippen LogP contribution in [-0.4, -0.2) is 64.7 Å². The number of pyridine rings is 1. The minimum Gasteiger partial charge on any atom is -0.494 e. The van der Waals surface area contributed by atoms with Crippen LogP contribution in [0, 0.1) is 0 Å². The summed E-state index contributed by atoms with van der Waals surface area (Å²) in [6.07, 6.45) is 2.29. The van der Waals surface area contributed by atoms with Gasteiger partial charge in [-0.05, 0) is 12.1 Å². The molecule has 3 aliphatic rings. The van der Waals surface area contributed by atoms with Crippen molar-refractivity contribution < 1.29 is 17.9 Å². The van der Waals surface area contributed by atoms with Gasteiger partial charge in [-0.15, -0.1) is 0 Å². The summed E-state index contributed by atoms with van der Waals surface area (Å²) in [6.45, 7) is 4.30. The van der Waals surface area contributed by atoms with E-state index < -0.39 is 10.0 Å². The number of anilines is 1. The lowest BCUT2D eigenvalue weighted by Crippen LogP contribution is -2.46. The third-order valence-corrected chi connectivity index (χ3v) is 7.75. The van der Waals surface area contributed by atoms with Crippen LogP contribution >= 0.6 is 0 Å². The number of sulfonamides is 1. The summed E-state index contributed by atoms with van der Waals surface area (Å²) >= 11 is 0. The molecule has 154 valence electrons. The lowest BCUT2D eigenvalue weighted by molar-refractivity contribution is 0.181. The molecule has 1 fully saturated rings. The van der Waals surface area contributed by atoms with Gasteiger partial charge in [0.2, 0.25) is 0 Å². The lowest BCUT2D eigenvalue weighted by Gasteiger charge is -2.32. The van der Waals surface area contributed by atoms with E-state index in [1.165, 1.54) is 4.31 Å². The van der Waals surface area contributed by atoms with E-state index >= 15 is 0 Å². The Balaban J connectivity index is 1.62. The number of methoxy groups -OCH3 is 1. The van der Waals surface area contributed by atoms with Crippen molar-refractivity contribution in [3.05, 3.63) is 41.7 Å². The second kappa shape index (κ2) is 7.16. The van der Waals surface area contributed by atoms with Gasteiger partial charge in [-0.25, -0.2) is 8.42 Å². The van der Waals surface area contributed by atoms with Crippen molar-refractivity contribution in [2.75, 3.05) is 50.7 Å². The molecule has 0 saturated carbocycles. The fourth-order valence-electron chi connectivity index (χ4n) is 4.50. The van der Waals surface area contributed by atoms with Crippen LogP contribution in [-0.2, 0) is 16.4 Å². The zero-order chi connectivity index (χ0) is 20.0. The monoisotopic (exact) mass is 416 g/mol. The Morgan fingerprint density at radius 3 is 2.86 bits per heavy atom. The van der Waals surface area contributed by atoms with Crippen LogP contribution in [0.2, 0.25) is 0 Å². The summed E-state index contributed by atoms with van der Waals surface area (Å²) in [6, 6.07) is 6.86. The molecule has 1 saturated heterocycles. The summed E-state index contributed by atoms with van der Waals surface area (Å²) in [4.78, 5) is 7.19. The molecule has 5 rings (SSSR count). The predicted octanol–water partition coefficient (Wildman–Crippen LogP) is 1.18. The number of piperazine rings is 1. The van der Waals surface area contributed by atoms with Gasteiger partial charge in [0.25, 0.3) is 10.0 Å². The average molecular weight is 417 g/mol. The highest BCUT2D eigenvalue weighted by Crippen LogP contribution is 2.46. The topological polar surface area (TPSA) is 84.0 Å². The van der Waals surface area contributed by atoms with E-state index in [4.69, 9.17) is 9.47 Å². The van der Waals surface area contributed by atoms with Gasteiger partial charge in [0.15, 0.2) is 0 Å². The standard InChI is InChI=1S/C20H24N4O4S/c1-27-17-5-7-22-19-15(23-10-8-21-9-11-23)13-24(20(17)19)29(25,26)18-4-2-3-16-14(18)6-12-28-16/h2-5,7,15,21H,6,8-13H2,1H3. The van der Waals surface area contributed by atoms with Gasteiger partial charge in [0.1, 0.15) is 17.2 Å². The van der Waals surface area contributed by atoms with Crippen molar-refractivity contribution in [2.45, 2.75) is 17.4 Å². The summed E-state index contributed by atoms with van der Waals surface area (Å²) in [5.41, 5.74) is 2.07. The molecule has 1 aromatic heterocycles. The first kappa shape index (κ1) is 18.7. The number of nitrogens with one attached hydrogen (secondary N) is 1. The van der Waals surface area contributed by atoms with Crippen LogP contribution < -0.4 is 19.1 Å². The largest absolute Gasteiger partial charge is 0.494 e. The quantitative estimate of drug-likeness (QED) is 0.801. The fourth-order valence-corrected chi connectivity index (χ4v) is 6.26. The number of benzene rings is 1. The van der Waals surface area contributed by atoms with E-state index in [1.807, 2.05) is 6.07 Å². The second-order valence-electron chi connectivity index (χ2n) is 7.42. The van der Waals surface area contributed by atoms with Gasteiger partial charge in [0, 0.05) is 50.4 Å². The maximum atomic E-state index is 13.8. The van der Waals surface area contributed by atoms with E-state index in [0.29, 0.717) is 41.7 Å². The third kappa shape index (κ3) is 2.95. The van der Waals surface area contributed by atoms with Gasteiger partial charge >= 0.3 is 0 Å². The molecule has 0 bridgehead atoms. The minimum atomic E-state index is -3.79. The van der Waals surface area contributed by atoms with E-state index in [0.717, 1.165) is 37.4 Å². The van der Waals surface area contributed by atoms with Gasteiger partial charge in [-0.1, -0.05) is 6.07 Å². The van der Waals surface area contributed by atoms with Crippen molar-refractivity contribution in [1.29, 1.82) is 0 Å². The van der Waals surface area contributed by atoms with E-state index in [1.54, 1.807) is 31.5 Å². The van der Waals surface area contributed by atoms with E-state index in [9.17, 15) is 8.42 Å². The summed E-state index contributed by atoms with van der Waals surface area (Å²) in [5.74, 6) is 1.18. The Hall–Kier alpha value is -2.36. The Bertz CT molecular complexity index is 1040. The number of rotatable bonds is 4. The Labute approximate surface area is 170 Å². The van der Waals surface area contributed by atoms with Crippen molar-refractivity contribution >= 4 is 15.7 Å². The number of hydrogen-bond donors (Lipinski definition) is 1. The molecule has 3 aliphatic heterocycles. The summed E-state index contributed by atoms with van der Waals surface area (Å²) in [7, 11) is -2.23. The molecule has 1 aromatic carbocycles. The minimum absolute atomic E-state index is 0.0926. The number of aromatic nitrogens is 1. The summed E-state index contributed by atoms with van der Waals surface area (Å²) in [5, 5.41) is 3.35.